The molecule has 1 unspecified atom stereocenters. The number of nitrogens with one attached hydrogen (secondary N) is 1. The number of carbonyl (C=O) groups excluding carboxylic acids is 1. The Morgan fingerprint density at radius 1 is 1.26 bits per heavy atom. The van der Waals surface area contributed by atoms with E-state index in [2.05, 4.69) is 10.3 Å². The van der Waals surface area contributed by atoms with E-state index < -0.39 is 23.5 Å². The maximum atomic E-state index is 13.0. The number of aldehydes is 1. The zero-order chi connectivity index (χ0) is 22.6. The molecular formula is C21H23F3N4O3. The number of rotatable bonds is 5. The van der Waals surface area contributed by atoms with Gasteiger partial charge in [0.05, 0.1) is 12.1 Å². The average Bonchev–Trinajstić information content (AvgIpc) is 2.94. The van der Waals surface area contributed by atoms with Crippen molar-refractivity contribution in [3.8, 4) is 11.1 Å². The van der Waals surface area contributed by atoms with Crippen molar-refractivity contribution in [2.45, 2.75) is 24.7 Å². The van der Waals surface area contributed by atoms with Crippen molar-refractivity contribution in [2.75, 3.05) is 31.6 Å². The molecule has 0 spiro atoms. The lowest BCUT2D eigenvalue weighted by Crippen LogP contribution is -2.64. The summed E-state index contributed by atoms with van der Waals surface area (Å²) < 4.78 is 39.0. The zero-order valence-corrected chi connectivity index (χ0v) is 16.9. The number of pyridine rings is 1. The van der Waals surface area contributed by atoms with E-state index in [4.69, 9.17) is 0 Å². The number of amides is 1. The third kappa shape index (κ3) is 4.79. The molecule has 0 bridgehead atoms. The maximum absolute atomic E-state index is 13.0. The highest BCUT2D eigenvalue weighted by molar-refractivity contribution is 5.68. The molecule has 1 amide bonds. The van der Waals surface area contributed by atoms with Crippen LogP contribution >= 0.6 is 0 Å². The van der Waals surface area contributed by atoms with Gasteiger partial charge in [-0.15, -0.1) is 0 Å². The fourth-order valence-corrected chi connectivity index (χ4v) is 3.84. The number of carboxylic acid groups (broad SMARTS) is 1. The minimum absolute atomic E-state index is 0.0331. The van der Waals surface area contributed by atoms with Crippen LogP contribution in [0.1, 0.15) is 18.4 Å². The molecule has 1 aromatic heterocycles. The van der Waals surface area contributed by atoms with Crippen LogP contribution in [0.25, 0.3) is 11.1 Å². The molecule has 7 nitrogen and oxygen atoms in total. The molecular weight excluding hydrogens is 413 g/mol. The van der Waals surface area contributed by atoms with Gasteiger partial charge in [-0.25, -0.2) is 9.78 Å². The Labute approximate surface area is 177 Å². The van der Waals surface area contributed by atoms with Crippen molar-refractivity contribution in [1.82, 2.24) is 15.2 Å². The number of carbonyl (C=O) groups is 2. The minimum Gasteiger partial charge on any atom is -0.465 e. The van der Waals surface area contributed by atoms with Gasteiger partial charge in [0.2, 0.25) is 0 Å². The molecule has 1 atom stereocenters. The smallest absolute Gasteiger partial charge is 0.416 e. The molecule has 0 aliphatic carbocycles. The molecule has 31 heavy (non-hydrogen) atoms. The van der Waals surface area contributed by atoms with Crippen molar-refractivity contribution >= 4 is 18.2 Å². The topological polar surface area (TPSA) is 85.8 Å². The Bertz CT molecular complexity index is 936. The molecule has 1 aliphatic rings. The van der Waals surface area contributed by atoms with E-state index in [1.165, 1.54) is 17.2 Å². The lowest BCUT2D eigenvalue weighted by atomic mass is 10.0. The number of aromatic nitrogens is 1. The van der Waals surface area contributed by atoms with Crippen LogP contribution in [0, 0.1) is 0 Å². The van der Waals surface area contributed by atoms with Crippen molar-refractivity contribution < 1.29 is 27.9 Å². The third-order valence-electron chi connectivity index (χ3n) is 5.49. The summed E-state index contributed by atoms with van der Waals surface area (Å²) in [7, 11) is 1.60. The number of nitrogens with zero attached hydrogens (tertiary/aromatic N) is 3. The highest BCUT2D eigenvalue weighted by Crippen LogP contribution is 2.32. The second-order valence-corrected chi connectivity index (χ2v) is 7.35. The molecule has 2 heterocycles. The molecule has 166 valence electrons. The SMILES string of the molecule is CNC1(CC=O)CN(c2ccc(-c3cccc(C(F)(F)F)c3)cn2)CCCN1C(=O)O. The molecule has 3 rings (SSSR count). The van der Waals surface area contributed by atoms with Gasteiger partial charge in [-0.3, -0.25) is 10.2 Å². The van der Waals surface area contributed by atoms with Gasteiger partial charge in [0, 0.05) is 31.3 Å². The van der Waals surface area contributed by atoms with Gasteiger partial charge in [0.15, 0.2) is 0 Å². The maximum Gasteiger partial charge on any atom is 0.416 e. The molecule has 2 N–H and O–H groups in total. The van der Waals surface area contributed by atoms with Crippen LogP contribution < -0.4 is 10.2 Å². The van der Waals surface area contributed by atoms with E-state index in [0.717, 1.165) is 12.1 Å². The number of hydrogen-bond donors (Lipinski definition) is 2. The average molecular weight is 436 g/mol. The Kier molecular flexibility index (Phi) is 6.49. The Balaban J connectivity index is 1.88. The van der Waals surface area contributed by atoms with E-state index in [-0.39, 0.29) is 19.5 Å². The van der Waals surface area contributed by atoms with E-state index in [0.29, 0.717) is 36.2 Å². The molecule has 1 saturated heterocycles. The first kappa shape index (κ1) is 22.5. The second kappa shape index (κ2) is 8.93. The largest absolute Gasteiger partial charge is 0.465 e. The Morgan fingerprint density at radius 3 is 2.61 bits per heavy atom. The number of hydrogen-bond acceptors (Lipinski definition) is 5. The first-order valence-corrected chi connectivity index (χ1v) is 9.72. The summed E-state index contributed by atoms with van der Waals surface area (Å²) in [5.41, 5.74) is -0.911. The van der Waals surface area contributed by atoms with Crippen LogP contribution in [-0.2, 0) is 11.0 Å². The molecule has 0 saturated carbocycles. The van der Waals surface area contributed by atoms with Crippen molar-refractivity contribution in [2.24, 2.45) is 0 Å². The molecule has 1 aliphatic heterocycles. The highest BCUT2D eigenvalue weighted by atomic mass is 19.4. The van der Waals surface area contributed by atoms with E-state index in [9.17, 15) is 27.9 Å². The number of halogens is 3. The predicted molar refractivity (Wildman–Crippen MR) is 109 cm³/mol. The Hall–Kier alpha value is -3.14. The summed E-state index contributed by atoms with van der Waals surface area (Å²) in [4.78, 5) is 30.6. The fourth-order valence-electron chi connectivity index (χ4n) is 3.84. The van der Waals surface area contributed by atoms with Gasteiger partial charge in [0.1, 0.15) is 17.8 Å². The summed E-state index contributed by atoms with van der Waals surface area (Å²) in [5.74, 6) is 0.550. The van der Waals surface area contributed by atoms with Crippen LogP contribution in [0.2, 0.25) is 0 Å². The van der Waals surface area contributed by atoms with Crippen LogP contribution in [0.3, 0.4) is 0 Å². The Morgan fingerprint density at radius 2 is 2.03 bits per heavy atom. The number of anilines is 1. The lowest BCUT2D eigenvalue weighted by molar-refractivity contribution is -0.137. The van der Waals surface area contributed by atoms with Crippen LogP contribution in [0.5, 0.6) is 0 Å². The standard InChI is InChI=1S/C21H23F3N4O3/c1-25-20(8-11-29)14-27(9-3-10-28(20)19(30)31)18-7-6-16(13-26-18)15-4-2-5-17(12-15)21(22,23)24/h2,4-7,11-13,25H,3,8-10,14H2,1H3,(H,30,31). The zero-order valence-electron chi connectivity index (χ0n) is 16.9. The first-order chi connectivity index (χ1) is 14.7. The molecule has 2 aromatic rings. The monoisotopic (exact) mass is 436 g/mol. The lowest BCUT2D eigenvalue weighted by Gasteiger charge is -2.41. The van der Waals surface area contributed by atoms with E-state index in [1.54, 1.807) is 25.2 Å². The second-order valence-electron chi connectivity index (χ2n) is 7.35. The van der Waals surface area contributed by atoms with E-state index >= 15 is 0 Å². The molecule has 10 heteroatoms. The number of benzene rings is 1. The van der Waals surface area contributed by atoms with Gasteiger partial charge in [-0.1, -0.05) is 12.1 Å². The van der Waals surface area contributed by atoms with Crippen LogP contribution in [-0.4, -0.2) is 59.7 Å². The van der Waals surface area contributed by atoms with Crippen LogP contribution in [0.4, 0.5) is 23.8 Å². The number of alkyl halides is 3. The van der Waals surface area contributed by atoms with Gasteiger partial charge >= 0.3 is 12.3 Å². The highest BCUT2D eigenvalue weighted by Gasteiger charge is 2.42. The molecule has 1 aromatic carbocycles. The van der Waals surface area contributed by atoms with E-state index in [1.807, 2.05) is 4.90 Å². The van der Waals surface area contributed by atoms with Gasteiger partial charge in [-0.05, 0) is 43.3 Å². The molecule has 1 fully saturated rings. The number of likely N-dealkylation sites (N-methyl/N-ethyl adjacent to an activating group) is 1. The molecule has 0 radical (unpaired) electrons. The van der Waals surface area contributed by atoms with Crippen molar-refractivity contribution in [1.29, 1.82) is 0 Å². The summed E-state index contributed by atoms with van der Waals surface area (Å²) in [6.45, 7) is 0.968. The first-order valence-electron chi connectivity index (χ1n) is 9.72. The van der Waals surface area contributed by atoms with Crippen LogP contribution in [0.15, 0.2) is 42.6 Å². The third-order valence-corrected chi connectivity index (χ3v) is 5.49. The van der Waals surface area contributed by atoms with Gasteiger partial charge < -0.3 is 14.8 Å². The van der Waals surface area contributed by atoms with Crippen molar-refractivity contribution in [3.63, 3.8) is 0 Å². The fraction of sp³-hybridized carbons (Fsp3) is 0.381. The summed E-state index contributed by atoms with van der Waals surface area (Å²) in [5, 5.41) is 12.6. The summed E-state index contributed by atoms with van der Waals surface area (Å²) >= 11 is 0. The quantitative estimate of drug-likeness (QED) is 0.699. The normalized spacial score (nSPS) is 19.7. The van der Waals surface area contributed by atoms with Crippen molar-refractivity contribution in [3.05, 3.63) is 48.2 Å². The van der Waals surface area contributed by atoms with Gasteiger partial charge in [0.25, 0.3) is 0 Å². The predicted octanol–water partition coefficient (Wildman–Crippen LogP) is 3.46. The summed E-state index contributed by atoms with van der Waals surface area (Å²) in [6, 6.07) is 8.39. The summed E-state index contributed by atoms with van der Waals surface area (Å²) in [6.07, 6.45) is -2.88. The van der Waals surface area contributed by atoms with Gasteiger partial charge in [-0.2, -0.15) is 13.2 Å². The minimum atomic E-state index is -4.43.